The van der Waals surface area contributed by atoms with E-state index in [1.54, 1.807) is 12.1 Å². The molecule has 0 aliphatic heterocycles. The van der Waals surface area contributed by atoms with Crippen molar-refractivity contribution in [3.05, 3.63) is 157 Å². The molecule has 6 nitrogen and oxygen atoms in total. The molecule has 0 aliphatic carbocycles. The first-order chi connectivity index (χ1) is 22.6. The average Bonchev–Trinajstić information content (AvgIpc) is 3.11. The molecule has 0 saturated carbocycles. The van der Waals surface area contributed by atoms with E-state index >= 15 is 0 Å². The lowest BCUT2D eigenvalue weighted by molar-refractivity contribution is 0.101. The first-order valence-corrected chi connectivity index (χ1v) is 15.0. The van der Waals surface area contributed by atoms with Crippen molar-refractivity contribution in [1.29, 1.82) is 0 Å². The minimum atomic E-state index is -0.325. The van der Waals surface area contributed by atoms with Gasteiger partial charge in [-0.15, -0.1) is 0 Å². The number of pyridine rings is 2. The van der Waals surface area contributed by atoms with Crippen molar-refractivity contribution in [1.82, 2.24) is 9.97 Å². The van der Waals surface area contributed by atoms with Gasteiger partial charge in [-0.25, -0.2) is 9.97 Å². The predicted octanol–water partition coefficient (Wildman–Crippen LogP) is 9.26. The summed E-state index contributed by atoms with van der Waals surface area (Å²) in [6.07, 6.45) is 0. The highest BCUT2D eigenvalue weighted by Gasteiger charge is 2.21. The van der Waals surface area contributed by atoms with Crippen LogP contribution < -0.4 is 10.6 Å². The van der Waals surface area contributed by atoms with Gasteiger partial charge in [0.1, 0.15) is 11.4 Å². The van der Waals surface area contributed by atoms with Gasteiger partial charge in [-0.1, -0.05) is 109 Å². The van der Waals surface area contributed by atoms with Gasteiger partial charge in [0, 0.05) is 33.3 Å². The number of fused-ring (bicyclic) bond motifs is 4. The van der Waals surface area contributed by atoms with Crippen LogP contribution in [0.1, 0.15) is 21.0 Å². The number of carbonyl (C=O) groups is 2. The van der Waals surface area contributed by atoms with Gasteiger partial charge in [0.05, 0.1) is 11.0 Å². The minimum Gasteiger partial charge on any atom is -0.320 e. The summed E-state index contributed by atoms with van der Waals surface area (Å²) in [5.74, 6) is -0.651. The van der Waals surface area contributed by atoms with Gasteiger partial charge in [0.2, 0.25) is 0 Å². The molecule has 6 aromatic carbocycles. The SMILES string of the molecule is O=C(Nc1ccc2ccccc2c1-c1c(NC(=O)c2ccc3ccccc3n2)ccc2ccccc12)c1ccc2ccccc2n1. The third kappa shape index (κ3) is 4.88. The number of benzene rings is 6. The molecule has 8 aromatic rings. The second-order valence-electron chi connectivity index (χ2n) is 11.1. The number of carbonyl (C=O) groups excluding carboxylic acids is 2. The van der Waals surface area contributed by atoms with Crippen molar-refractivity contribution < 1.29 is 9.59 Å². The summed E-state index contributed by atoms with van der Waals surface area (Å²) in [4.78, 5) is 36.7. The van der Waals surface area contributed by atoms with Crippen LogP contribution in [0.2, 0.25) is 0 Å². The molecular weight excluding hydrogens is 568 g/mol. The number of para-hydroxylation sites is 2. The van der Waals surface area contributed by atoms with Gasteiger partial charge in [0.25, 0.3) is 11.8 Å². The maximum atomic E-state index is 13.7. The monoisotopic (exact) mass is 594 g/mol. The molecule has 2 heterocycles. The maximum absolute atomic E-state index is 13.7. The van der Waals surface area contributed by atoms with E-state index in [4.69, 9.17) is 0 Å². The maximum Gasteiger partial charge on any atom is 0.274 e. The van der Waals surface area contributed by atoms with E-state index in [0.717, 1.165) is 54.5 Å². The van der Waals surface area contributed by atoms with Crippen molar-refractivity contribution in [2.45, 2.75) is 0 Å². The van der Waals surface area contributed by atoms with Gasteiger partial charge >= 0.3 is 0 Å². The quantitative estimate of drug-likeness (QED) is 0.208. The van der Waals surface area contributed by atoms with Crippen molar-refractivity contribution in [2.75, 3.05) is 10.6 Å². The van der Waals surface area contributed by atoms with Gasteiger partial charge in [-0.3, -0.25) is 9.59 Å². The number of hydrogen-bond acceptors (Lipinski definition) is 4. The Hall–Kier alpha value is -6.40. The minimum absolute atomic E-state index is 0.312. The number of anilines is 2. The summed E-state index contributed by atoms with van der Waals surface area (Å²) in [5, 5.41) is 12.1. The molecule has 0 radical (unpaired) electrons. The zero-order valence-corrected chi connectivity index (χ0v) is 24.6. The van der Waals surface area contributed by atoms with Crippen LogP contribution in [0, 0.1) is 0 Å². The van der Waals surface area contributed by atoms with Crippen LogP contribution in [0.3, 0.4) is 0 Å². The second-order valence-corrected chi connectivity index (χ2v) is 11.1. The van der Waals surface area contributed by atoms with E-state index < -0.39 is 0 Å². The molecule has 0 spiro atoms. The smallest absolute Gasteiger partial charge is 0.274 e. The zero-order valence-electron chi connectivity index (χ0n) is 24.6. The molecule has 2 amide bonds. The van der Waals surface area contributed by atoms with Crippen molar-refractivity contribution >= 4 is 66.5 Å². The highest BCUT2D eigenvalue weighted by atomic mass is 16.2. The lowest BCUT2D eigenvalue weighted by Crippen LogP contribution is -2.16. The van der Waals surface area contributed by atoms with Gasteiger partial charge in [0.15, 0.2) is 0 Å². The normalized spacial score (nSPS) is 11.2. The number of nitrogens with zero attached hydrogens (tertiary/aromatic N) is 2. The second kappa shape index (κ2) is 11.3. The number of nitrogens with one attached hydrogen (secondary N) is 2. The Morgan fingerprint density at radius 1 is 0.391 bits per heavy atom. The average molecular weight is 595 g/mol. The topological polar surface area (TPSA) is 84.0 Å². The summed E-state index contributed by atoms with van der Waals surface area (Å²) in [6.45, 7) is 0. The molecule has 0 unspecified atom stereocenters. The van der Waals surface area contributed by atoms with Gasteiger partial charge in [-0.2, -0.15) is 0 Å². The highest BCUT2D eigenvalue weighted by Crippen LogP contribution is 2.44. The van der Waals surface area contributed by atoms with Crippen LogP contribution in [0.25, 0.3) is 54.5 Å². The summed E-state index contributed by atoms with van der Waals surface area (Å²) in [7, 11) is 0. The van der Waals surface area contributed by atoms with Crippen LogP contribution in [-0.4, -0.2) is 21.8 Å². The molecule has 0 aliphatic rings. The van der Waals surface area contributed by atoms with E-state index in [-0.39, 0.29) is 11.8 Å². The van der Waals surface area contributed by atoms with E-state index in [1.807, 2.05) is 133 Å². The third-order valence-electron chi connectivity index (χ3n) is 8.27. The molecule has 8 rings (SSSR count). The fourth-order valence-electron chi connectivity index (χ4n) is 6.05. The van der Waals surface area contributed by atoms with E-state index in [0.29, 0.717) is 22.8 Å². The highest BCUT2D eigenvalue weighted by molar-refractivity contribution is 6.18. The lowest BCUT2D eigenvalue weighted by atomic mass is 9.91. The molecule has 6 heteroatoms. The standard InChI is InChI=1S/C40H26N4O2/c45-39(35-23-19-27-11-3-7-15-31(27)41-35)43-33-21-17-25-9-1-5-13-29(25)37(33)38-30-14-6-2-10-26(30)18-22-34(38)44-40(46)36-24-20-28-12-4-8-16-32(28)42-36/h1-24H,(H,43,45)(H,44,46). The molecule has 2 N–H and O–H groups in total. The van der Waals surface area contributed by atoms with Crippen LogP contribution in [0.4, 0.5) is 11.4 Å². The first-order valence-electron chi connectivity index (χ1n) is 15.0. The summed E-state index contributed by atoms with van der Waals surface area (Å²) in [6, 6.07) is 46.6. The predicted molar refractivity (Wildman–Crippen MR) is 186 cm³/mol. The Morgan fingerprint density at radius 2 is 0.761 bits per heavy atom. The number of rotatable bonds is 5. The Bertz CT molecular complexity index is 2310. The van der Waals surface area contributed by atoms with Gasteiger partial charge < -0.3 is 10.6 Å². The Balaban J connectivity index is 1.28. The largest absolute Gasteiger partial charge is 0.320 e. The molecular formula is C40H26N4O2. The van der Waals surface area contributed by atoms with Crippen molar-refractivity contribution in [3.63, 3.8) is 0 Å². The number of amides is 2. The Labute approximate surface area is 264 Å². The summed E-state index contributed by atoms with van der Waals surface area (Å²) < 4.78 is 0. The lowest BCUT2D eigenvalue weighted by Gasteiger charge is -2.20. The third-order valence-corrected chi connectivity index (χ3v) is 8.27. The fraction of sp³-hybridized carbons (Fsp3) is 0. The molecule has 46 heavy (non-hydrogen) atoms. The Kier molecular flexibility index (Phi) is 6.65. The first kappa shape index (κ1) is 27.2. The van der Waals surface area contributed by atoms with Crippen molar-refractivity contribution in [2.24, 2.45) is 0 Å². The molecule has 0 saturated heterocycles. The summed E-state index contributed by atoms with van der Waals surface area (Å²) >= 11 is 0. The van der Waals surface area contributed by atoms with E-state index in [9.17, 15) is 9.59 Å². The number of hydrogen-bond donors (Lipinski definition) is 2. The molecule has 0 fully saturated rings. The molecule has 0 bridgehead atoms. The number of aromatic nitrogens is 2. The van der Waals surface area contributed by atoms with E-state index in [2.05, 4.69) is 20.6 Å². The molecule has 2 aromatic heterocycles. The molecule has 218 valence electrons. The van der Waals surface area contributed by atoms with Crippen LogP contribution in [0.5, 0.6) is 0 Å². The fourth-order valence-corrected chi connectivity index (χ4v) is 6.05. The summed E-state index contributed by atoms with van der Waals surface area (Å²) in [5.41, 5.74) is 4.92. The van der Waals surface area contributed by atoms with Crippen LogP contribution in [-0.2, 0) is 0 Å². The van der Waals surface area contributed by atoms with Crippen molar-refractivity contribution in [3.8, 4) is 11.1 Å². The van der Waals surface area contributed by atoms with Gasteiger partial charge in [-0.05, 0) is 57.9 Å². The van der Waals surface area contributed by atoms with Crippen LogP contribution >= 0.6 is 0 Å². The molecule has 0 atom stereocenters. The zero-order chi connectivity index (χ0) is 31.0. The Morgan fingerprint density at radius 3 is 1.22 bits per heavy atom. The van der Waals surface area contributed by atoms with E-state index in [1.165, 1.54) is 0 Å². The van der Waals surface area contributed by atoms with Crippen LogP contribution in [0.15, 0.2) is 146 Å².